The first-order valence-corrected chi connectivity index (χ1v) is 12.3. The summed E-state index contributed by atoms with van der Waals surface area (Å²) in [6.07, 6.45) is -0.0719. The molecular weight excluding hydrogens is 543 g/mol. The second-order valence-electron chi connectivity index (χ2n) is 8.12. The maximum absolute atomic E-state index is 13.2. The third kappa shape index (κ3) is 6.36. The van der Waals surface area contributed by atoms with E-state index in [9.17, 15) is 23.1 Å². The van der Waals surface area contributed by atoms with E-state index in [0.717, 1.165) is 17.4 Å². The third-order valence-corrected chi connectivity index (χ3v) is 6.91. The standard InChI is InChI=1S/C24H21ClF3N7O2S/c1-12-3-4-15(9-16(12)24(26,27)28)35-21(36)17-10-30-23(38-17)13(2)33-22(37)19-18(25)20(32-11-31-19)34-14-5-7-29-8-6-14/h3-11,13,21,35-36H,1-2H3,(H,33,37)(H,29,31,32,34). The van der Waals surface area contributed by atoms with Crippen molar-refractivity contribution in [2.24, 2.45) is 0 Å². The minimum Gasteiger partial charge on any atom is -0.369 e. The molecular formula is C24H21ClF3N7O2S. The van der Waals surface area contributed by atoms with Crippen molar-refractivity contribution in [3.8, 4) is 0 Å². The fourth-order valence-corrected chi connectivity index (χ4v) is 4.48. The van der Waals surface area contributed by atoms with Gasteiger partial charge in [-0.25, -0.2) is 15.0 Å². The van der Waals surface area contributed by atoms with E-state index in [1.165, 1.54) is 31.6 Å². The Bertz CT molecular complexity index is 1440. The molecule has 3 aromatic heterocycles. The van der Waals surface area contributed by atoms with Crippen LogP contribution in [-0.2, 0) is 6.18 Å². The van der Waals surface area contributed by atoms with Gasteiger partial charge in [-0.15, -0.1) is 11.3 Å². The van der Waals surface area contributed by atoms with Crippen LogP contribution in [0.4, 0.5) is 30.4 Å². The number of anilines is 3. The summed E-state index contributed by atoms with van der Waals surface area (Å²) in [4.78, 5) is 29.4. The van der Waals surface area contributed by atoms with Gasteiger partial charge < -0.3 is 21.1 Å². The molecule has 0 aliphatic rings. The lowest BCUT2D eigenvalue weighted by atomic mass is 10.1. The van der Waals surface area contributed by atoms with Crippen molar-refractivity contribution in [1.82, 2.24) is 25.3 Å². The number of benzene rings is 1. The number of rotatable bonds is 8. The van der Waals surface area contributed by atoms with E-state index in [2.05, 4.69) is 35.9 Å². The van der Waals surface area contributed by atoms with Crippen molar-refractivity contribution in [1.29, 1.82) is 0 Å². The van der Waals surface area contributed by atoms with Gasteiger partial charge in [0.2, 0.25) is 0 Å². The molecule has 0 radical (unpaired) electrons. The van der Waals surface area contributed by atoms with Gasteiger partial charge in [0, 0.05) is 30.0 Å². The second-order valence-corrected chi connectivity index (χ2v) is 9.59. The quantitative estimate of drug-likeness (QED) is 0.203. The maximum Gasteiger partial charge on any atom is 0.416 e. The summed E-state index contributed by atoms with van der Waals surface area (Å²) in [6, 6.07) is 6.53. The van der Waals surface area contributed by atoms with Crippen molar-refractivity contribution in [2.45, 2.75) is 32.3 Å². The molecule has 0 saturated carbocycles. The number of nitrogens with zero attached hydrogens (tertiary/aromatic N) is 4. The van der Waals surface area contributed by atoms with Gasteiger partial charge >= 0.3 is 6.18 Å². The highest BCUT2D eigenvalue weighted by Gasteiger charge is 2.32. The summed E-state index contributed by atoms with van der Waals surface area (Å²) in [5.74, 6) is -0.335. The Morgan fingerprint density at radius 1 is 1.11 bits per heavy atom. The van der Waals surface area contributed by atoms with Crippen LogP contribution in [0.25, 0.3) is 0 Å². The molecule has 4 N–H and O–H groups in total. The molecule has 4 aromatic rings. The average molecular weight is 564 g/mol. The maximum atomic E-state index is 13.2. The molecule has 0 fully saturated rings. The molecule has 4 rings (SSSR count). The normalized spacial score (nSPS) is 13.0. The number of aliphatic hydroxyl groups is 1. The second kappa shape index (κ2) is 11.3. The number of hydrogen-bond acceptors (Lipinski definition) is 9. The Labute approximate surface area is 224 Å². The number of nitrogens with one attached hydrogen (secondary N) is 3. The van der Waals surface area contributed by atoms with Gasteiger partial charge in [-0.05, 0) is 43.7 Å². The molecule has 198 valence electrons. The van der Waals surface area contributed by atoms with E-state index in [1.807, 2.05) is 0 Å². The molecule has 38 heavy (non-hydrogen) atoms. The number of alkyl halides is 3. The van der Waals surface area contributed by atoms with Crippen LogP contribution in [0.1, 0.15) is 50.7 Å². The fourth-order valence-electron chi connectivity index (χ4n) is 3.39. The fraction of sp³-hybridized carbons (Fsp3) is 0.208. The van der Waals surface area contributed by atoms with Crippen LogP contribution in [0.3, 0.4) is 0 Å². The van der Waals surface area contributed by atoms with Crippen LogP contribution in [0.5, 0.6) is 0 Å². The predicted molar refractivity (Wildman–Crippen MR) is 137 cm³/mol. The van der Waals surface area contributed by atoms with E-state index >= 15 is 0 Å². The zero-order chi connectivity index (χ0) is 27.4. The number of thiazole rings is 1. The molecule has 2 unspecified atom stereocenters. The van der Waals surface area contributed by atoms with Gasteiger partial charge in [0.15, 0.2) is 17.7 Å². The molecule has 2 atom stereocenters. The third-order valence-electron chi connectivity index (χ3n) is 5.32. The van der Waals surface area contributed by atoms with Crippen molar-refractivity contribution in [2.75, 3.05) is 10.6 Å². The molecule has 0 aliphatic heterocycles. The minimum absolute atomic E-state index is 0.0183. The molecule has 0 saturated heterocycles. The largest absolute Gasteiger partial charge is 0.416 e. The first-order valence-electron chi connectivity index (χ1n) is 11.1. The smallest absolute Gasteiger partial charge is 0.369 e. The number of aromatic nitrogens is 4. The van der Waals surface area contributed by atoms with Crippen LogP contribution in [0, 0.1) is 6.92 Å². The van der Waals surface area contributed by atoms with Crippen LogP contribution in [0.2, 0.25) is 5.02 Å². The van der Waals surface area contributed by atoms with Gasteiger partial charge in [-0.3, -0.25) is 9.78 Å². The summed E-state index contributed by atoms with van der Waals surface area (Å²) >= 11 is 7.45. The van der Waals surface area contributed by atoms with Gasteiger partial charge in [0.1, 0.15) is 16.4 Å². The molecule has 1 aromatic carbocycles. The van der Waals surface area contributed by atoms with E-state index in [-0.39, 0.29) is 27.8 Å². The molecule has 9 nitrogen and oxygen atoms in total. The number of aryl methyl sites for hydroxylation is 1. The molecule has 1 amide bonds. The molecule has 0 spiro atoms. The highest BCUT2D eigenvalue weighted by atomic mass is 35.5. The lowest BCUT2D eigenvalue weighted by Crippen LogP contribution is -2.28. The number of aliphatic hydroxyl groups excluding tert-OH is 1. The monoisotopic (exact) mass is 563 g/mol. The summed E-state index contributed by atoms with van der Waals surface area (Å²) in [5.41, 5.74) is -0.00226. The van der Waals surface area contributed by atoms with E-state index in [1.54, 1.807) is 31.5 Å². The molecule has 0 aliphatic carbocycles. The lowest BCUT2D eigenvalue weighted by Gasteiger charge is -2.16. The number of carbonyl (C=O) groups is 1. The average Bonchev–Trinajstić information content (AvgIpc) is 3.37. The topological polar surface area (TPSA) is 125 Å². The minimum atomic E-state index is -4.51. The number of halogens is 4. The Morgan fingerprint density at radius 3 is 2.55 bits per heavy atom. The highest BCUT2D eigenvalue weighted by Crippen LogP contribution is 2.34. The zero-order valence-corrected chi connectivity index (χ0v) is 21.5. The van der Waals surface area contributed by atoms with Crippen molar-refractivity contribution >= 4 is 46.0 Å². The number of carbonyl (C=O) groups excluding carboxylic acids is 1. The van der Waals surface area contributed by atoms with Crippen LogP contribution in [-0.4, -0.2) is 30.9 Å². The van der Waals surface area contributed by atoms with Crippen molar-refractivity contribution in [3.63, 3.8) is 0 Å². The zero-order valence-electron chi connectivity index (χ0n) is 19.9. The number of pyridine rings is 1. The van der Waals surface area contributed by atoms with Gasteiger partial charge in [-0.2, -0.15) is 13.2 Å². The van der Waals surface area contributed by atoms with Crippen molar-refractivity contribution in [3.05, 3.63) is 87.0 Å². The van der Waals surface area contributed by atoms with Crippen LogP contribution >= 0.6 is 22.9 Å². The first kappa shape index (κ1) is 27.2. The van der Waals surface area contributed by atoms with E-state index in [4.69, 9.17) is 11.6 Å². The van der Waals surface area contributed by atoms with Crippen LogP contribution < -0.4 is 16.0 Å². The Morgan fingerprint density at radius 2 is 1.84 bits per heavy atom. The summed E-state index contributed by atoms with van der Waals surface area (Å²) in [6.45, 7) is 3.04. The summed E-state index contributed by atoms with van der Waals surface area (Å²) in [5, 5.41) is 19.4. The summed E-state index contributed by atoms with van der Waals surface area (Å²) in [7, 11) is 0. The number of hydrogen-bond donors (Lipinski definition) is 4. The van der Waals surface area contributed by atoms with Gasteiger partial charge in [-0.1, -0.05) is 17.7 Å². The van der Waals surface area contributed by atoms with E-state index in [0.29, 0.717) is 15.6 Å². The molecule has 3 heterocycles. The highest BCUT2D eigenvalue weighted by molar-refractivity contribution is 7.11. The SMILES string of the molecule is Cc1ccc(NC(O)c2cnc(C(C)NC(=O)c3ncnc(Nc4ccncc4)c3Cl)s2)cc1C(F)(F)F. The lowest BCUT2D eigenvalue weighted by molar-refractivity contribution is -0.138. The van der Waals surface area contributed by atoms with E-state index < -0.39 is 29.9 Å². The Hall–Kier alpha value is -3.81. The van der Waals surface area contributed by atoms with Gasteiger partial charge in [0.25, 0.3) is 5.91 Å². The van der Waals surface area contributed by atoms with Gasteiger partial charge in [0.05, 0.1) is 16.5 Å². The Balaban J connectivity index is 1.42. The summed E-state index contributed by atoms with van der Waals surface area (Å²) < 4.78 is 39.6. The first-order chi connectivity index (χ1) is 18.0. The Kier molecular flexibility index (Phi) is 8.09. The molecule has 14 heteroatoms. The van der Waals surface area contributed by atoms with Crippen molar-refractivity contribution < 1.29 is 23.1 Å². The number of amides is 1. The molecule has 0 bridgehead atoms. The van der Waals surface area contributed by atoms with Crippen LogP contribution in [0.15, 0.2) is 55.2 Å². The predicted octanol–water partition coefficient (Wildman–Crippen LogP) is 5.65.